The van der Waals surface area contributed by atoms with Crippen LogP contribution >= 0.6 is 11.6 Å². The summed E-state index contributed by atoms with van der Waals surface area (Å²) in [5.41, 5.74) is 7.88. The third kappa shape index (κ3) is 3.14. The second-order valence-electron chi connectivity index (χ2n) is 4.94. The van der Waals surface area contributed by atoms with Gasteiger partial charge in [-0.15, -0.1) is 0 Å². The summed E-state index contributed by atoms with van der Waals surface area (Å²) in [4.78, 5) is 2.46. The Morgan fingerprint density at radius 2 is 2.06 bits per heavy atom. The number of halogens is 1. The number of hydrogen-bond acceptors (Lipinski definition) is 2. The molecule has 1 heterocycles. The van der Waals surface area contributed by atoms with Crippen LogP contribution in [0.25, 0.3) is 0 Å². The fourth-order valence-electron chi connectivity index (χ4n) is 2.52. The van der Waals surface area contributed by atoms with Crippen molar-refractivity contribution < 1.29 is 0 Å². The summed E-state index contributed by atoms with van der Waals surface area (Å²) in [7, 11) is 0. The van der Waals surface area contributed by atoms with Crippen LogP contribution in [0, 0.1) is 5.92 Å². The van der Waals surface area contributed by atoms with Crippen LogP contribution in [0.2, 0.25) is 5.02 Å². The molecule has 1 saturated heterocycles. The Hall–Kier alpha value is -0.730. The molecule has 2 nitrogen and oxygen atoms in total. The van der Waals surface area contributed by atoms with Crippen LogP contribution in [0.4, 0.5) is 5.69 Å². The number of likely N-dealkylation sites (tertiary alicyclic amines) is 1. The highest BCUT2D eigenvalue weighted by molar-refractivity contribution is 6.31. The van der Waals surface area contributed by atoms with Crippen molar-refractivity contribution in [2.75, 3.05) is 18.8 Å². The first kappa shape index (κ1) is 12.7. The smallest absolute Gasteiger partial charge is 0.0471 e. The van der Waals surface area contributed by atoms with E-state index in [4.69, 9.17) is 17.3 Å². The van der Waals surface area contributed by atoms with Gasteiger partial charge in [-0.3, -0.25) is 4.90 Å². The van der Waals surface area contributed by atoms with Crippen molar-refractivity contribution >= 4 is 17.3 Å². The van der Waals surface area contributed by atoms with E-state index in [2.05, 4.69) is 11.8 Å². The topological polar surface area (TPSA) is 29.3 Å². The Morgan fingerprint density at radius 1 is 1.35 bits per heavy atom. The predicted molar refractivity (Wildman–Crippen MR) is 74.2 cm³/mol. The first-order valence-electron chi connectivity index (χ1n) is 6.46. The summed E-state index contributed by atoms with van der Waals surface area (Å²) in [6.45, 7) is 5.51. The van der Waals surface area contributed by atoms with Crippen molar-refractivity contribution in [3.63, 3.8) is 0 Å². The maximum atomic E-state index is 6.20. The average molecular weight is 253 g/mol. The highest BCUT2D eigenvalue weighted by Crippen LogP contribution is 2.26. The summed E-state index contributed by atoms with van der Waals surface area (Å²) in [5, 5.41) is 0.794. The third-order valence-corrected chi connectivity index (χ3v) is 4.18. The summed E-state index contributed by atoms with van der Waals surface area (Å²) < 4.78 is 0. The fraction of sp³-hybridized carbons (Fsp3) is 0.571. The molecule has 0 radical (unpaired) electrons. The Labute approximate surface area is 109 Å². The van der Waals surface area contributed by atoms with Crippen molar-refractivity contribution in [2.45, 2.75) is 32.7 Å². The number of nitrogens with two attached hydrogens (primary N) is 1. The van der Waals surface area contributed by atoms with E-state index in [9.17, 15) is 0 Å². The van der Waals surface area contributed by atoms with Gasteiger partial charge in [0.2, 0.25) is 0 Å². The minimum atomic E-state index is 0.794. The molecule has 2 N–H and O–H groups in total. The number of rotatable bonds is 3. The van der Waals surface area contributed by atoms with Crippen molar-refractivity contribution in [1.29, 1.82) is 0 Å². The van der Waals surface area contributed by atoms with Gasteiger partial charge in [0.1, 0.15) is 0 Å². The first-order chi connectivity index (χ1) is 8.20. The van der Waals surface area contributed by atoms with Crippen molar-refractivity contribution in [3.8, 4) is 0 Å². The van der Waals surface area contributed by atoms with Crippen molar-refractivity contribution in [3.05, 3.63) is 28.8 Å². The fourth-order valence-corrected chi connectivity index (χ4v) is 2.76. The van der Waals surface area contributed by atoms with Gasteiger partial charge in [0, 0.05) is 22.8 Å². The van der Waals surface area contributed by atoms with Crippen LogP contribution in [0.3, 0.4) is 0 Å². The number of anilines is 1. The van der Waals surface area contributed by atoms with Gasteiger partial charge in [0.15, 0.2) is 0 Å². The Morgan fingerprint density at radius 3 is 2.65 bits per heavy atom. The molecule has 0 saturated carbocycles. The first-order valence-corrected chi connectivity index (χ1v) is 6.83. The molecule has 3 heteroatoms. The van der Waals surface area contributed by atoms with Gasteiger partial charge >= 0.3 is 0 Å². The standard InChI is InChI=1S/C14H21ClN2/c1-2-11-6-8-17(9-7-11)10-12-13(15)4-3-5-14(12)16/h3-5,11H,2,6-10,16H2,1H3. The van der Waals surface area contributed by atoms with Crippen LogP contribution in [0.1, 0.15) is 31.7 Å². The second kappa shape index (κ2) is 5.74. The third-order valence-electron chi connectivity index (χ3n) is 3.82. The van der Waals surface area contributed by atoms with Gasteiger partial charge in [-0.1, -0.05) is 31.0 Å². The van der Waals surface area contributed by atoms with E-state index in [0.717, 1.165) is 28.7 Å². The Balaban J connectivity index is 1.98. The molecule has 1 aromatic rings. The molecular weight excluding hydrogens is 232 g/mol. The molecule has 0 aliphatic carbocycles. The minimum absolute atomic E-state index is 0.794. The van der Waals surface area contributed by atoms with E-state index in [-0.39, 0.29) is 0 Å². The lowest BCUT2D eigenvalue weighted by Gasteiger charge is -2.31. The zero-order valence-corrected chi connectivity index (χ0v) is 11.2. The number of nitrogen functional groups attached to an aromatic ring is 1. The zero-order chi connectivity index (χ0) is 12.3. The maximum absolute atomic E-state index is 6.20. The van der Waals surface area contributed by atoms with Crippen LogP contribution in [-0.4, -0.2) is 18.0 Å². The molecule has 1 aliphatic heterocycles. The maximum Gasteiger partial charge on any atom is 0.0471 e. The van der Waals surface area contributed by atoms with E-state index in [0.29, 0.717) is 0 Å². The van der Waals surface area contributed by atoms with E-state index in [1.54, 1.807) is 0 Å². The van der Waals surface area contributed by atoms with Crippen LogP contribution in [0.15, 0.2) is 18.2 Å². The lowest BCUT2D eigenvalue weighted by Crippen LogP contribution is -2.33. The number of benzene rings is 1. The quantitative estimate of drug-likeness (QED) is 0.834. The molecule has 1 aromatic carbocycles. The largest absolute Gasteiger partial charge is 0.398 e. The van der Waals surface area contributed by atoms with Crippen LogP contribution in [-0.2, 0) is 6.54 Å². The lowest BCUT2D eigenvalue weighted by atomic mass is 9.94. The molecule has 2 rings (SSSR count). The number of piperidine rings is 1. The molecule has 0 bridgehead atoms. The number of hydrogen-bond donors (Lipinski definition) is 1. The van der Waals surface area contributed by atoms with E-state index >= 15 is 0 Å². The van der Waals surface area contributed by atoms with Gasteiger partial charge in [-0.25, -0.2) is 0 Å². The average Bonchev–Trinajstić information content (AvgIpc) is 2.35. The molecule has 0 atom stereocenters. The van der Waals surface area contributed by atoms with E-state index in [1.807, 2.05) is 18.2 Å². The molecule has 0 unspecified atom stereocenters. The number of nitrogens with zero attached hydrogens (tertiary/aromatic N) is 1. The molecule has 0 aromatic heterocycles. The Bertz CT molecular complexity index is 350. The van der Waals surface area contributed by atoms with Gasteiger partial charge in [-0.05, 0) is 44.0 Å². The van der Waals surface area contributed by atoms with Crippen LogP contribution in [0.5, 0.6) is 0 Å². The monoisotopic (exact) mass is 252 g/mol. The van der Waals surface area contributed by atoms with E-state index in [1.165, 1.54) is 32.4 Å². The highest BCUT2D eigenvalue weighted by Gasteiger charge is 2.19. The predicted octanol–water partition coefficient (Wildman–Crippen LogP) is 3.54. The lowest BCUT2D eigenvalue weighted by molar-refractivity contribution is 0.175. The van der Waals surface area contributed by atoms with Gasteiger partial charge in [0.25, 0.3) is 0 Å². The van der Waals surface area contributed by atoms with Gasteiger partial charge in [-0.2, -0.15) is 0 Å². The molecular formula is C14H21ClN2. The van der Waals surface area contributed by atoms with Crippen molar-refractivity contribution in [2.24, 2.45) is 5.92 Å². The van der Waals surface area contributed by atoms with E-state index < -0.39 is 0 Å². The van der Waals surface area contributed by atoms with Gasteiger partial charge in [0.05, 0.1) is 0 Å². The highest BCUT2D eigenvalue weighted by atomic mass is 35.5. The van der Waals surface area contributed by atoms with Gasteiger partial charge < -0.3 is 5.73 Å². The Kier molecular flexibility index (Phi) is 4.30. The summed E-state index contributed by atoms with van der Waals surface area (Å²) >= 11 is 6.20. The molecule has 0 spiro atoms. The molecule has 17 heavy (non-hydrogen) atoms. The zero-order valence-electron chi connectivity index (χ0n) is 10.5. The summed E-state index contributed by atoms with van der Waals surface area (Å²) in [6.07, 6.45) is 3.92. The van der Waals surface area contributed by atoms with Crippen LogP contribution < -0.4 is 5.73 Å². The molecule has 94 valence electrons. The molecule has 1 aliphatic rings. The summed E-state index contributed by atoms with van der Waals surface area (Å²) in [6, 6.07) is 5.76. The normalized spacial score (nSPS) is 18.5. The van der Waals surface area contributed by atoms with Crippen molar-refractivity contribution in [1.82, 2.24) is 4.90 Å². The molecule has 0 amide bonds. The molecule has 1 fully saturated rings. The SMILES string of the molecule is CCC1CCN(Cc2c(N)cccc2Cl)CC1. The minimum Gasteiger partial charge on any atom is -0.398 e. The second-order valence-corrected chi connectivity index (χ2v) is 5.34. The summed E-state index contributed by atoms with van der Waals surface area (Å²) in [5.74, 6) is 0.912.